The van der Waals surface area contributed by atoms with Crippen molar-refractivity contribution in [2.45, 2.75) is 57.4 Å². The van der Waals surface area contributed by atoms with E-state index in [9.17, 15) is 14.4 Å². The van der Waals surface area contributed by atoms with Gasteiger partial charge in [0.2, 0.25) is 17.7 Å². The molecule has 2 fully saturated rings. The van der Waals surface area contributed by atoms with Crippen LogP contribution in [0, 0.1) is 5.92 Å². The number of nitrogens with two attached hydrogens (primary N) is 1. The van der Waals surface area contributed by atoms with Crippen LogP contribution in [0.15, 0.2) is 0 Å². The minimum Gasteiger partial charge on any atom is -0.355 e. The minimum absolute atomic E-state index is 0.0197. The van der Waals surface area contributed by atoms with Gasteiger partial charge in [-0.1, -0.05) is 19.3 Å². The Hall–Kier alpha value is -1.63. The van der Waals surface area contributed by atoms with Crippen LogP contribution >= 0.6 is 0 Å². The summed E-state index contributed by atoms with van der Waals surface area (Å²) in [6, 6.07) is 0. The Kier molecular flexibility index (Phi) is 6.60. The highest BCUT2D eigenvalue weighted by Crippen LogP contribution is 2.31. The van der Waals surface area contributed by atoms with E-state index in [1.54, 1.807) is 4.90 Å². The Labute approximate surface area is 143 Å². The SMILES string of the molecule is CC(=O)NC1(C(=O)N2CCCC(C(=O)NCCN)C2)CCCCC1. The summed E-state index contributed by atoms with van der Waals surface area (Å²) in [4.78, 5) is 38.7. The second kappa shape index (κ2) is 8.46. The average molecular weight is 338 g/mol. The summed E-state index contributed by atoms with van der Waals surface area (Å²) in [6.07, 6.45) is 5.95. The molecule has 0 spiro atoms. The van der Waals surface area contributed by atoms with Gasteiger partial charge in [-0.3, -0.25) is 14.4 Å². The van der Waals surface area contributed by atoms with Gasteiger partial charge in [0, 0.05) is 33.1 Å². The van der Waals surface area contributed by atoms with E-state index in [-0.39, 0.29) is 23.6 Å². The number of hydrogen-bond donors (Lipinski definition) is 3. The molecular weight excluding hydrogens is 308 g/mol. The van der Waals surface area contributed by atoms with E-state index in [4.69, 9.17) is 5.73 Å². The monoisotopic (exact) mass is 338 g/mol. The molecule has 7 nitrogen and oxygen atoms in total. The predicted octanol–water partition coefficient (Wildman–Crippen LogP) is 0.139. The Bertz CT molecular complexity index is 474. The summed E-state index contributed by atoms with van der Waals surface area (Å²) < 4.78 is 0. The van der Waals surface area contributed by atoms with Crippen LogP contribution in [0.2, 0.25) is 0 Å². The highest BCUT2D eigenvalue weighted by atomic mass is 16.2. The van der Waals surface area contributed by atoms with Crippen LogP contribution in [-0.2, 0) is 14.4 Å². The van der Waals surface area contributed by atoms with Gasteiger partial charge in [-0.25, -0.2) is 0 Å². The fraction of sp³-hybridized carbons (Fsp3) is 0.824. The van der Waals surface area contributed by atoms with Crippen LogP contribution in [0.25, 0.3) is 0 Å². The first kappa shape index (κ1) is 18.7. The van der Waals surface area contributed by atoms with Crippen molar-refractivity contribution >= 4 is 17.7 Å². The topological polar surface area (TPSA) is 105 Å². The lowest BCUT2D eigenvalue weighted by Crippen LogP contribution is -2.62. The number of carbonyl (C=O) groups excluding carboxylic acids is 3. The third kappa shape index (κ3) is 4.47. The summed E-state index contributed by atoms with van der Waals surface area (Å²) in [7, 11) is 0. The van der Waals surface area contributed by atoms with E-state index < -0.39 is 5.54 Å². The van der Waals surface area contributed by atoms with Crippen molar-refractivity contribution in [3.63, 3.8) is 0 Å². The molecule has 1 heterocycles. The largest absolute Gasteiger partial charge is 0.355 e. The molecule has 1 aliphatic carbocycles. The van der Waals surface area contributed by atoms with E-state index >= 15 is 0 Å². The zero-order valence-corrected chi connectivity index (χ0v) is 14.6. The summed E-state index contributed by atoms with van der Waals surface area (Å²) in [5.74, 6) is -0.407. The Balaban J connectivity index is 2.05. The average Bonchev–Trinajstić information content (AvgIpc) is 2.59. The maximum absolute atomic E-state index is 13.2. The third-order valence-electron chi connectivity index (χ3n) is 5.05. The van der Waals surface area contributed by atoms with Gasteiger partial charge < -0.3 is 21.3 Å². The number of likely N-dealkylation sites (tertiary alicyclic amines) is 1. The first-order valence-corrected chi connectivity index (χ1v) is 9.04. The van der Waals surface area contributed by atoms with Crippen LogP contribution in [0.1, 0.15) is 51.9 Å². The van der Waals surface area contributed by atoms with Gasteiger partial charge in [-0.15, -0.1) is 0 Å². The van der Waals surface area contributed by atoms with E-state index in [1.807, 2.05) is 0 Å². The van der Waals surface area contributed by atoms with Gasteiger partial charge in [0.25, 0.3) is 0 Å². The molecule has 0 aromatic rings. The van der Waals surface area contributed by atoms with Crippen molar-refractivity contribution in [3.05, 3.63) is 0 Å². The van der Waals surface area contributed by atoms with Gasteiger partial charge in [-0.2, -0.15) is 0 Å². The zero-order chi connectivity index (χ0) is 17.6. The number of nitrogens with zero attached hydrogens (tertiary/aromatic N) is 1. The van der Waals surface area contributed by atoms with E-state index in [1.165, 1.54) is 6.92 Å². The minimum atomic E-state index is -0.778. The zero-order valence-electron chi connectivity index (χ0n) is 14.6. The van der Waals surface area contributed by atoms with Crippen LogP contribution in [0.4, 0.5) is 0 Å². The summed E-state index contributed by atoms with van der Waals surface area (Å²) in [6.45, 7) is 3.41. The van der Waals surface area contributed by atoms with Crippen molar-refractivity contribution in [1.29, 1.82) is 0 Å². The molecule has 1 atom stereocenters. The van der Waals surface area contributed by atoms with Gasteiger partial charge in [0.05, 0.1) is 5.92 Å². The molecule has 0 aromatic heterocycles. The summed E-state index contributed by atoms with van der Waals surface area (Å²) in [5.41, 5.74) is 4.65. The summed E-state index contributed by atoms with van der Waals surface area (Å²) >= 11 is 0. The molecule has 24 heavy (non-hydrogen) atoms. The molecule has 2 rings (SSSR count). The lowest BCUT2D eigenvalue weighted by molar-refractivity contribution is -0.146. The Morgan fingerprint density at radius 2 is 1.88 bits per heavy atom. The van der Waals surface area contributed by atoms with Crippen LogP contribution in [0.5, 0.6) is 0 Å². The number of nitrogens with one attached hydrogen (secondary N) is 2. The van der Waals surface area contributed by atoms with Gasteiger partial charge in [0.1, 0.15) is 5.54 Å². The normalized spacial score (nSPS) is 23.4. The Morgan fingerprint density at radius 1 is 1.17 bits per heavy atom. The molecule has 7 heteroatoms. The quantitative estimate of drug-likeness (QED) is 0.663. The number of hydrogen-bond acceptors (Lipinski definition) is 4. The van der Waals surface area contributed by atoms with Crippen molar-refractivity contribution < 1.29 is 14.4 Å². The molecule has 2 aliphatic rings. The molecule has 0 bridgehead atoms. The molecule has 0 aromatic carbocycles. The second-order valence-corrected chi connectivity index (χ2v) is 6.99. The summed E-state index contributed by atoms with van der Waals surface area (Å²) in [5, 5.41) is 5.73. The number of carbonyl (C=O) groups is 3. The fourth-order valence-corrected chi connectivity index (χ4v) is 3.90. The van der Waals surface area contributed by atoms with Crippen molar-refractivity contribution in [1.82, 2.24) is 15.5 Å². The molecule has 3 amide bonds. The predicted molar refractivity (Wildman–Crippen MR) is 91.0 cm³/mol. The first-order chi connectivity index (χ1) is 11.5. The number of amides is 3. The highest BCUT2D eigenvalue weighted by Gasteiger charge is 2.44. The van der Waals surface area contributed by atoms with E-state index in [0.29, 0.717) is 39.0 Å². The second-order valence-electron chi connectivity index (χ2n) is 6.99. The standard InChI is InChI=1S/C17H30N4O3/c1-13(22)20-17(7-3-2-4-8-17)16(24)21-11-5-6-14(12-21)15(23)19-10-9-18/h14H,2-12,18H2,1H3,(H,19,23)(H,20,22). The number of piperidine rings is 1. The highest BCUT2D eigenvalue weighted by molar-refractivity contribution is 5.91. The molecule has 1 saturated heterocycles. The molecular formula is C17H30N4O3. The van der Waals surface area contributed by atoms with Crippen molar-refractivity contribution in [3.8, 4) is 0 Å². The maximum atomic E-state index is 13.2. The third-order valence-corrected chi connectivity index (χ3v) is 5.05. The fourth-order valence-electron chi connectivity index (χ4n) is 3.90. The Morgan fingerprint density at radius 3 is 2.50 bits per heavy atom. The molecule has 0 radical (unpaired) electrons. The van der Waals surface area contributed by atoms with Gasteiger partial charge >= 0.3 is 0 Å². The first-order valence-electron chi connectivity index (χ1n) is 9.04. The number of rotatable bonds is 5. The molecule has 1 unspecified atom stereocenters. The van der Waals surface area contributed by atoms with E-state index in [2.05, 4.69) is 10.6 Å². The molecule has 1 saturated carbocycles. The van der Waals surface area contributed by atoms with Crippen LogP contribution < -0.4 is 16.4 Å². The van der Waals surface area contributed by atoms with Gasteiger partial charge in [-0.05, 0) is 25.7 Å². The molecule has 4 N–H and O–H groups in total. The van der Waals surface area contributed by atoms with Crippen molar-refractivity contribution in [2.24, 2.45) is 11.7 Å². The lowest BCUT2D eigenvalue weighted by atomic mass is 9.79. The van der Waals surface area contributed by atoms with Crippen LogP contribution in [0.3, 0.4) is 0 Å². The molecule has 1 aliphatic heterocycles. The maximum Gasteiger partial charge on any atom is 0.248 e. The molecule has 136 valence electrons. The van der Waals surface area contributed by atoms with Crippen molar-refractivity contribution in [2.75, 3.05) is 26.2 Å². The smallest absolute Gasteiger partial charge is 0.248 e. The van der Waals surface area contributed by atoms with Gasteiger partial charge in [0.15, 0.2) is 0 Å². The van der Waals surface area contributed by atoms with Crippen LogP contribution in [-0.4, -0.2) is 54.3 Å². The lowest BCUT2D eigenvalue weighted by Gasteiger charge is -2.42. The van der Waals surface area contributed by atoms with E-state index in [0.717, 1.165) is 32.1 Å².